The van der Waals surface area contributed by atoms with Gasteiger partial charge in [0.25, 0.3) is 0 Å². The molecule has 3 aromatic rings. The summed E-state index contributed by atoms with van der Waals surface area (Å²) in [4.78, 5) is 12.4. The number of hydrogen-bond donors (Lipinski definition) is 1. The van der Waals surface area contributed by atoms with Crippen LogP contribution in [0, 0.1) is 10.5 Å². The molecule has 1 amide bonds. The number of anilines is 1. The number of aromatic nitrogens is 3. The predicted molar refractivity (Wildman–Crippen MR) is 134 cm³/mol. The number of aryl methyl sites for hydroxylation is 2. The highest BCUT2D eigenvalue weighted by Gasteiger charge is 2.14. The first kappa shape index (κ1) is 23.3. The van der Waals surface area contributed by atoms with Crippen LogP contribution in [-0.4, -0.2) is 26.4 Å². The van der Waals surface area contributed by atoms with Crippen LogP contribution in [-0.2, 0) is 24.4 Å². The molecule has 8 heteroatoms. The van der Waals surface area contributed by atoms with E-state index in [0.29, 0.717) is 24.1 Å². The highest BCUT2D eigenvalue weighted by molar-refractivity contribution is 14.1. The molecule has 6 nitrogen and oxygen atoms in total. The van der Waals surface area contributed by atoms with Gasteiger partial charge in [0.15, 0.2) is 11.0 Å². The van der Waals surface area contributed by atoms with Crippen LogP contribution in [0.5, 0.6) is 5.75 Å². The molecule has 1 aromatic heterocycles. The van der Waals surface area contributed by atoms with Gasteiger partial charge < -0.3 is 10.1 Å². The van der Waals surface area contributed by atoms with Gasteiger partial charge in [-0.25, -0.2) is 0 Å². The molecule has 0 aliphatic carbocycles. The zero-order valence-corrected chi connectivity index (χ0v) is 20.6. The Balaban J connectivity index is 1.61. The number of amides is 1. The molecule has 162 valence electrons. The Kier molecular flexibility index (Phi) is 8.53. The molecule has 0 aliphatic rings. The minimum Gasteiger partial charge on any atom is -0.486 e. The number of benzene rings is 2. The van der Waals surface area contributed by atoms with Gasteiger partial charge in [-0.2, -0.15) is 0 Å². The van der Waals surface area contributed by atoms with Crippen molar-refractivity contribution in [3.8, 4) is 5.75 Å². The van der Waals surface area contributed by atoms with Crippen LogP contribution in [0.2, 0.25) is 0 Å². The fourth-order valence-corrected chi connectivity index (χ4v) is 4.31. The molecule has 2 aromatic carbocycles. The van der Waals surface area contributed by atoms with E-state index >= 15 is 0 Å². The standard InChI is InChI=1S/C23H25IN4O2S/c1-4-12-28-21(14-30-19-9-6-17(5-2)7-10-19)26-27-23(28)31-15-22(29)25-20-11-8-18(24)13-16(20)3/h4,6-11,13H,1,5,12,14-15H2,2-3H3,(H,25,29). The van der Waals surface area contributed by atoms with Crippen LogP contribution in [0.1, 0.15) is 23.9 Å². The molecule has 0 saturated carbocycles. The number of halogens is 1. The largest absolute Gasteiger partial charge is 0.486 e. The van der Waals surface area contributed by atoms with Crippen molar-refractivity contribution in [1.29, 1.82) is 0 Å². The first-order chi connectivity index (χ1) is 15.0. The van der Waals surface area contributed by atoms with Gasteiger partial charge in [0.2, 0.25) is 5.91 Å². The van der Waals surface area contributed by atoms with E-state index in [1.807, 2.05) is 41.8 Å². The number of carbonyl (C=O) groups is 1. The second-order valence-corrected chi connectivity index (χ2v) is 9.07. The van der Waals surface area contributed by atoms with E-state index in [-0.39, 0.29) is 11.7 Å². The summed E-state index contributed by atoms with van der Waals surface area (Å²) in [6.07, 6.45) is 2.77. The van der Waals surface area contributed by atoms with E-state index in [2.05, 4.69) is 63.7 Å². The molecular weight excluding hydrogens is 523 g/mol. The summed E-state index contributed by atoms with van der Waals surface area (Å²) in [5, 5.41) is 12.1. The van der Waals surface area contributed by atoms with Crippen molar-refractivity contribution in [2.45, 2.75) is 38.6 Å². The maximum Gasteiger partial charge on any atom is 0.234 e. The van der Waals surface area contributed by atoms with Crippen molar-refractivity contribution in [2.75, 3.05) is 11.1 Å². The Bertz CT molecular complexity index is 1050. The number of ether oxygens (including phenoxy) is 1. The molecule has 0 bridgehead atoms. The van der Waals surface area contributed by atoms with E-state index < -0.39 is 0 Å². The average Bonchev–Trinajstić information content (AvgIpc) is 3.15. The topological polar surface area (TPSA) is 69.0 Å². The van der Waals surface area contributed by atoms with E-state index in [9.17, 15) is 4.79 Å². The number of thioether (sulfide) groups is 1. The Morgan fingerprint density at radius 2 is 2.03 bits per heavy atom. The summed E-state index contributed by atoms with van der Waals surface area (Å²) >= 11 is 3.60. The van der Waals surface area contributed by atoms with Gasteiger partial charge in [-0.1, -0.05) is 36.9 Å². The third-order valence-electron chi connectivity index (χ3n) is 4.60. The molecule has 0 atom stereocenters. The highest BCUT2D eigenvalue weighted by atomic mass is 127. The maximum absolute atomic E-state index is 12.4. The third-order valence-corrected chi connectivity index (χ3v) is 6.24. The molecule has 31 heavy (non-hydrogen) atoms. The lowest BCUT2D eigenvalue weighted by Gasteiger charge is -2.10. The summed E-state index contributed by atoms with van der Waals surface area (Å²) in [5.74, 6) is 1.62. The van der Waals surface area contributed by atoms with Crippen molar-refractivity contribution in [2.24, 2.45) is 0 Å². The Labute approximate surface area is 200 Å². The number of nitrogens with one attached hydrogen (secondary N) is 1. The lowest BCUT2D eigenvalue weighted by molar-refractivity contribution is -0.113. The van der Waals surface area contributed by atoms with Crippen molar-refractivity contribution in [3.63, 3.8) is 0 Å². The Morgan fingerprint density at radius 1 is 1.26 bits per heavy atom. The molecule has 1 heterocycles. The highest BCUT2D eigenvalue weighted by Crippen LogP contribution is 2.21. The van der Waals surface area contributed by atoms with E-state index in [4.69, 9.17) is 4.74 Å². The van der Waals surface area contributed by atoms with Crippen LogP contribution >= 0.6 is 34.4 Å². The van der Waals surface area contributed by atoms with Gasteiger partial charge in [0.05, 0.1) is 5.75 Å². The van der Waals surface area contributed by atoms with Gasteiger partial charge in [-0.15, -0.1) is 16.8 Å². The zero-order chi connectivity index (χ0) is 22.2. The molecule has 0 spiro atoms. The van der Waals surface area contributed by atoms with Gasteiger partial charge >= 0.3 is 0 Å². The van der Waals surface area contributed by atoms with Crippen LogP contribution in [0.25, 0.3) is 0 Å². The van der Waals surface area contributed by atoms with Gasteiger partial charge in [0, 0.05) is 15.8 Å². The lowest BCUT2D eigenvalue weighted by atomic mass is 10.2. The first-order valence-corrected chi connectivity index (χ1v) is 12.0. The monoisotopic (exact) mass is 548 g/mol. The van der Waals surface area contributed by atoms with Crippen LogP contribution in [0.15, 0.2) is 60.3 Å². The molecular formula is C23H25IN4O2S. The fourth-order valence-electron chi connectivity index (χ4n) is 2.90. The van der Waals surface area contributed by atoms with Gasteiger partial charge in [0.1, 0.15) is 12.4 Å². The number of nitrogens with zero attached hydrogens (tertiary/aromatic N) is 3. The predicted octanol–water partition coefficient (Wildman–Crippen LogP) is 5.25. The molecule has 1 N–H and O–H groups in total. The minimum atomic E-state index is -0.0868. The van der Waals surface area contributed by atoms with E-state index in [1.54, 1.807) is 6.08 Å². The second kappa shape index (κ2) is 11.3. The van der Waals surface area contributed by atoms with Crippen LogP contribution < -0.4 is 10.1 Å². The number of hydrogen-bond acceptors (Lipinski definition) is 5. The van der Waals surface area contributed by atoms with Crippen LogP contribution in [0.4, 0.5) is 5.69 Å². The molecule has 3 rings (SSSR count). The summed E-state index contributed by atoms with van der Waals surface area (Å²) < 4.78 is 8.93. The zero-order valence-electron chi connectivity index (χ0n) is 17.6. The quantitative estimate of drug-likeness (QED) is 0.213. The lowest BCUT2D eigenvalue weighted by Crippen LogP contribution is -2.15. The van der Waals surface area contributed by atoms with Crippen molar-refractivity contribution in [3.05, 3.63) is 75.6 Å². The third kappa shape index (κ3) is 6.57. The number of carbonyl (C=O) groups excluding carboxylic acids is 1. The summed E-state index contributed by atoms with van der Waals surface area (Å²) in [6.45, 7) is 8.75. The second-order valence-electron chi connectivity index (χ2n) is 6.88. The van der Waals surface area contributed by atoms with Crippen molar-refractivity contribution in [1.82, 2.24) is 14.8 Å². The summed E-state index contributed by atoms with van der Waals surface area (Å²) in [6, 6.07) is 13.9. The smallest absolute Gasteiger partial charge is 0.234 e. The molecule has 0 saturated heterocycles. The number of allylic oxidation sites excluding steroid dienone is 1. The summed E-state index contributed by atoms with van der Waals surface area (Å²) in [5.41, 5.74) is 3.12. The average molecular weight is 548 g/mol. The fraction of sp³-hybridized carbons (Fsp3) is 0.261. The maximum atomic E-state index is 12.4. The molecule has 0 fully saturated rings. The van der Waals surface area contributed by atoms with E-state index in [1.165, 1.54) is 17.3 Å². The molecule has 0 unspecified atom stereocenters. The van der Waals surface area contributed by atoms with Crippen molar-refractivity contribution >= 4 is 45.9 Å². The van der Waals surface area contributed by atoms with Crippen LogP contribution in [0.3, 0.4) is 0 Å². The Hall–Kier alpha value is -2.33. The normalized spacial score (nSPS) is 10.7. The van der Waals surface area contributed by atoms with Gasteiger partial charge in [-0.3, -0.25) is 9.36 Å². The first-order valence-electron chi connectivity index (χ1n) is 9.93. The molecule has 0 radical (unpaired) electrons. The molecule has 0 aliphatic heterocycles. The van der Waals surface area contributed by atoms with Crippen molar-refractivity contribution < 1.29 is 9.53 Å². The van der Waals surface area contributed by atoms with Gasteiger partial charge in [-0.05, 0) is 77.4 Å². The SMILES string of the molecule is C=CCn1c(COc2ccc(CC)cc2)nnc1SCC(=O)Nc1ccc(I)cc1C. The Morgan fingerprint density at radius 3 is 2.71 bits per heavy atom. The number of rotatable bonds is 10. The minimum absolute atomic E-state index is 0.0868. The summed E-state index contributed by atoms with van der Waals surface area (Å²) in [7, 11) is 0. The van der Waals surface area contributed by atoms with E-state index in [0.717, 1.165) is 27.0 Å².